The highest BCUT2D eigenvalue weighted by molar-refractivity contribution is 7.91. The van der Waals surface area contributed by atoms with E-state index in [4.69, 9.17) is 0 Å². The number of halogens is 2. The van der Waals surface area contributed by atoms with Gasteiger partial charge in [0.15, 0.2) is 0 Å². The van der Waals surface area contributed by atoms with Gasteiger partial charge in [0.25, 0.3) is 0 Å². The van der Waals surface area contributed by atoms with Crippen LogP contribution in [-0.2, 0) is 16.4 Å². The first-order chi connectivity index (χ1) is 10.7. The molecular formula is C17H19F2NO2S. The summed E-state index contributed by atoms with van der Waals surface area (Å²) < 4.78 is 47.8. The Labute approximate surface area is 135 Å². The van der Waals surface area contributed by atoms with Crippen molar-refractivity contribution in [1.82, 2.24) is 0 Å². The molecule has 0 aliphatic carbocycles. The fourth-order valence-corrected chi connectivity index (χ4v) is 3.20. The topological polar surface area (TPSA) is 37.4 Å². The summed E-state index contributed by atoms with van der Waals surface area (Å²) in [5, 5.41) is 0. The minimum absolute atomic E-state index is 0.356. The predicted molar refractivity (Wildman–Crippen MR) is 87.7 cm³/mol. The number of nitrogens with zero attached hydrogens (tertiary/aromatic N) is 1. The van der Waals surface area contributed by atoms with Crippen molar-refractivity contribution in [2.45, 2.75) is 31.0 Å². The van der Waals surface area contributed by atoms with Crippen LogP contribution in [0.15, 0.2) is 47.4 Å². The van der Waals surface area contributed by atoms with Gasteiger partial charge in [-0.15, -0.1) is 0 Å². The molecule has 0 aromatic heterocycles. The van der Waals surface area contributed by atoms with E-state index in [9.17, 15) is 17.2 Å². The quantitative estimate of drug-likeness (QED) is 0.828. The van der Waals surface area contributed by atoms with E-state index in [1.54, 1.807) is 12.1 Å². The fraction of sp³-hybridized carbons (Fsp3) is 0.294. The summed E-state index contributed by atoms with van der Waals surface area (Å²) in [4.78, 5) is 1.68. The van der Waals surface area contributed by atoms with E-state index in [1.165, 1.54) is 17.7 Å². The first-order valence-electron chi connectivity index (χ1n) is 7.11. The third kappa shape index (κ3) is 3.88. The standard InChI is InChI=1S/C17H19F2NO2S/c1-12-4-9-16(13(2)10-12)20(3)11-14-5-7-15(8-6-14)23(21,22)17(18)19/h4-10,17H,11H2,1-3H3. The molecule has 2 aromatic rings. The summed E-state index contributed by atoms with van der Waals surface area (Å²) in [6.07, 6.45) is 0. The van der Waals surface area contributed by atoms with E-state index in [0.717, 1.165) is 16.8 Å². The van der Waals surface area contributed by atoms with Crippen molar-refractivity contribution < 1.29 is 17.2 Å². The number of hydrogen-bond donors (Lipinski definition) is 0. The lowest BCUT2D eigenvalue weighted by Gasteiger charge is -2.22. The summed E-state index contributed by atoms with van der Waals surface area (Å²) in [5.74, 6) is -3.40. The maximum absolute atomic E-state index is 12.5. The summed E-state index contributed by atoms with van der Waals surface area (Å²) in [6.45, 7) is 4.61. The Balaban J connectivity index is 2.18. The Morgan fingerprint density at radius 3 is 2.17 bits per heavy atom. The molecule has 0 saturated heterocycles. The zero-order valence-electron chi connectivity index (χ0n) is 13.3. The molecule has 0 spiro atoms. The van der Waals surface area contributed by atoms with Gasteiger partial charge in [0, 0.05) is 19.3 Å². The molecule has 0 heterocycles. The number of rotatable bonds is 5. The third-order valence-electron chi connectivity index (χ3n) is 3.67. The summed E-state index contributed by atoms with van der Waals surface area (Å²) >= 11 is 0. The van der Waals surface area contributed by atoms with Gasteiger partial charge in [0.05, 0.1) is 4.90 Å². The van der Waals surface area contributed by atoms with Crippen LogP contribution >= 0.6 is 0 Å². The van der Waals surface area contributed by atoms with Crippen molar-refractivity contribution in [3.63, 3.8) is 0 Å². The fourth-order valence-electron chi connectivity index (χ4n) is 2.48. The molecule has 0 N–H and O–H groups in total. The minimum atomic E-state index is -4.53. The molecule has 0 aliphatic heterocycles. The molecule has 0 saturated carbocycles. The molecule has 0 atom stereocenters. The third-order valence-corrected chi connectivity index (χ3v) is 5.07. The average Bonchev–Trinajstić information content (AvgIpc) is 2.47. The smallest absolute Gasteiger partial charge is 0.341 e. The van der Waals surface area contributed by atoms with Crippen molar-refractivity contribution in [2.75, 3.05) is 11.9 Å². The van der Waals surface area contributed by atoms with Gasteiger partial charge >= 0.3 is 5.76 Å². The molecule has 6 heteroatoms. The second-order valence-electron chi connectivity index (χ2n) is 5.60. The van der Waals surface area contributed by atoms with Gasteiger partial charge in [-0.2, -0.15) is 8.78 Å². The van der Waals surface area contributed by atoms with Gasteiger partial charge in [0.1, 0.15) is 0 Å². The lowest BCUT2D eigenvalue weighted by Crippen LogP contribution is -2.17. The zero-order valence-corrected chi connectivity index (χ0v) is 14.1. The Morgan fingerprint density at radius 2 is 1.65 bits per heavy atom. The van der Waals surface area contributed by atoms with E-state index >= 15 is 0 Å². The van der Waals surface area contributed by atoms with Crippen LogP contribution in [0.5, 0.6) is 0 Å². The first kappa shape index (κ1) is 17.4. The van der Waals surface area contributed by atoms with Crippen LogP contribution in [0.4, 0.5) is 14.5 Å². The lowest BCUT2D eigenvalue weighted by atomic mass is 10.1. The molecule has 2 aromatic carbocycles. The Bertz CT molecular complexity index is 787. The van der Waals surface area contributed by atoms with Crippen molar-refractivity contribution in [3.8, 4) is 0 Å². The van der Waals surface area contributed by atoms with E-state index in [1.807, 2.05) is 37.9 Å². The SMILES string of the molecule is Cc1ccc(N(C)Cc2ccc(S(=O)(=O)C(F)F)cc2)c(C)c1. The largest absolute Gasteiger partial charge is 0.370 e. The molecule has 0 fully saturated rings. The van der Waals surface area contributed by atoms with Crippen LogP contribution in [0, 0.1) is 13.8 Å². The van der Waals surface area contributed by atoms with Crippen molar-refractivity contribution in [3.05, 3.63) is 59.2 Å². The van der Waals surface area contributed by atoms with Gasteiger partial charge in [-0.1, -0.05) is 29.8 Å². The van der Waals surface area contributed by atoms with Crippen LogP contribution in [0.3, 0.4) is 0 Å². The molecule has 3 nitrogen and oxygen atoms in total. The van der Waals surface area contributed by atoms with Crippen LogP contribution in [0.1, 0.15) is 16.7 Å². The minimum Gasteiger partial charge on any atom is -0.370 e. The summed E-state index contributed by atoms with van der Waals surface area (Å²) in [5.41, 5.74) is 4.24. The zero-order chi connectivity index (χ0) is 17.2. The summed E-state index contributed by atoms with van der Waals surface area (Å²) in [6, 6.07) is 11.7. The number of aryl methyl sites for hydroxylation is 2. The normalized spacial score (nSPS) is 11.7. The average molecular weight is 339 g/mol. The second kappa shape index (κ2) is 6.66. The molecule has 2 rings (SSSR count). The van der Waals surface area contributed by atoms with Gasteiger partial charge in [0.2, 0.25) is 9.84 Å². The molecule has 0 amide bonds. The molecule has 0 bridgehead atoms. The van der Waals surface area contributed by atoms with Gasteiger partial charge in [-0.25, -0.2) is 8.42 Å². The first-order valence-corrected chi connectivity index (χ1v) is 8.66. The molecule has 0 unspecified atom stereocenters. The molecule has 0 aliphatic rings. The molecular weight excluding hydrogens is 320 g/mol. The Morgan fingerprint density at radius 1 is 1.04 bits per heavy atom. The van der Waals surface area contributed by atoms with Crippen molar-refractivity contribution in [2.24, 2.45) is 0 Å². The summed E-state index contributed by atoms with van der Waals surface area (Å²) in [7, 11) is -2.60. The van der Waals surface area contributed by atoms with Gasteiger partial charge in [-0.3, -0.25) is 0 Å². The number of alkyl halides is 2. The van der Waals surface area contributed by atoms with Gasteiger partial charge in [-0.05, 0) is 43.2 Å². The Hall–Kier alpha value is -1.95. The highest BCUT2D eigenvalue weighted by Crippen LogP contribution is 2.23. The van der Waals surface area contributed by atoms with Crippen LogP contribution < -0.4 is 4.90 Å². The highest BCUT2D eigenvalue weighted by atomic mass is 32.2. The van der Waals surface area contributed by atoms with E-state index in [-0.39, 0.29) is 4.90 Å². The van der Waals surface area contributed by atoms with Gasteiger partial charge < -0.3 is 4.90 Å². The van der Waals surface area contributed by atoms with E-state index in [2.05, 4.69) is 6.07 Å². The maximum atomic E-state index is 12.5. The molecule has 124 valence electrons. The molecule has 23 heavy (non-hydrogen) atoms. The molecule has 0 radical (unpaired) electrons. The number of sulfone groups is 1. The van der Waals surface area contributed by atoms with Crippen LogP contribution in [0.25, 0.3) is 0 Å². The van der Waals surface area contributed by atoms with Crippen LogP contribution in [-0.4, -0.2) is 21.2 Å². The number of anilines is 1. The Kier molecular flexibility index (Phi) is 5.04. The number of hydrogen-bond acceptors (Lipinski definition) is 3. The van der Waals surface area contributed by atoms with Crippen LogP contribution in [0.2, 0.25) is 0 Å². The van der Waals surface area contributed by atoms with Crippen molar-refractivity contribution in [1.29, 1.82) is 0 Å². The lowest BCUT2D eigenvalue weighted by molar-refractivity contribution is 0.234. The van der Waals surface area contributed by atoms with E-state index in [0.29, 0.717) is 6.54 Å². The van der Waals surface area contributed by atoms with Crippen molar-refractivity contribution >= 4 is 15.5 Å². The second-order valence-corrected chi connectivity index (χ2v) is 7.51. The maximum Gasteiger partial charge on any atom is 0.341 e. The highest BCUT2D eigenvalue weighted by Gasteiger charge is 2.26. The number of benzene rings is 2. The predicted octanol–water partition coefficient (Wildman–Crippen LogP) is 3.94. The monoisotopic (exact) mass is 339 g/mol. The van der Waals surface area contributed by atoms with E-state index < -0.39 is 15.6 Å².